The Bertz CT molecular complexity index is 410. The molecule has 0 radical (unpaired) electrons. The van der Waals surface area contributed by atoms with Crippen molar-refractivity contribution < 1.29 is 4.79 Å². The van der Waals surface area contributed by atoms with Gasteiger partial charge in [-0.2, -0.15) is 5.10 Å². The zero-order chi connectivity index (χ0) is 9.80. The molecule has 5 nitrogen and oxygen atoms in total. The second kappa shape index (κ2) is 3.69. The molecule has 0 unspecified atom stereocenters. The predicted molar refractivity (Wildman–Crippen MR) is 50.8 cm³/mol. The first-order valence-electron chi connectivity index (χ1n) is 4.06. The lowest BCUT2D eigenvalue weighted by atomic mass is 10.3. The van der Waals surface area contributed by atoms with Crippen LogP contribution in [0, 0.1) is 0 Å². The Hall–Kier alpha value is -2.17. The molecule has 0 aliphatic rings. The van der Waals surface area contributed by atoms with Crippen LogP contribution in [0.3, 0.4) is 0 Å². The fourth-order valence-corrected chi connectivity index (χ4v) is 1.02. The standard InChI is InChI=1S/C9H8N4O/c14-9(7-4-11-12-5-7)13-8-2-1-3-10-6-8/h1-6H,(H,11,12)(H,13,14). The van der Waals surface area contributed by atoms with Gasteiger partial charge in [-0.3, -0.25) is 14.9 Å². The lowest BCUT2D eigenvalue weighted by molar-refractivity contribution is 0.102. The van der Waals surface area contributed by atoms with E-state index in [0.717, 1.165) is 0 Å². The monoisotopic (exact) mass is 188 g/mol. The van der Waals surface area contributed by atoms with Crippen LogP contribution in [0.5, 0.6) is 0 Å². The van der Waals surface area contributed by atoms with Crippen molar-refractivity contribution in [3.8, 4) is 0 Å². The predicted octanol–water partition coefficient (Wildman–Crippen LogP) is 1.06. The highest BCUT2D eigenvalue weighted by Gasteiger charge is 2.05. The second-order valence-electron chi connectivity index (χ2n) is 2.68. The largest absolute Gasteiger partial charge is 0.320 e. The zero-order valence-corrected chi connectivity index (χ0v) is 7.27. The molecule has 1 amide bonds. The van der Waals surface area contributed by atoms with Crippen LogP contribution in [0.15, 0.2) is 36.9 Å². The van der Waals surface area contributed by atoms with Crippen molar-refractivity contribution in [2.45, 2.75) is 0 Å². The summed E-state index contributed by atoms with van der Waals surface area (Å²) in [4.78, 5) is 15.4. The van der Waals surface area contributed by atoms with Gasteiger partial charge in [-0.25, -0.2) is 0 Å². The van der Waals surface area contributed by atoms with Gasteiger partial charge < -0.3 is 5.32 Å². The van der Waals surface area contributed by atoms with Gasteiger partial charge >= 0.3 is 0 Å². The smallest absolute Gasteiger partial charge is 0.258 e. The van der Waals surface area contributed by atoms with Crippen molar-refractivity contribution in [3.63, 3.8) is 0 Å². The molecular weight excluding hydrogens is 180 g/mol. The summed E-state index contributed by atoms with van der Waals surface area (Å²) in [7, 11) is 0. The van der Waals surface area contributed by atoms with Crippen molar-refractivity contribution in [1.29, 1.82) is 0 Å². The van der Waals surface area contributed by atoms with Gasteiger partial charge in [0.15, 0.2) is 0 Å². The normalized spacial score (nSPS) is 9.71. The number of nitrogens with zero attached hydrogens (tertiary/aromatic N) is 2. The quantitative estimate of drug-likeness (QED) is 0.740. The van der Waals surface area contributed by atoms with Crippen LogP contribution in [0.25, 0.3) is 0 Å². The van der Waals surface area contributed by atoms with Crippen molar-refractivity contribution in [2.24, 2.45) is 0 Å². The minimum absolute atomic E-state index is 0.202. The summed E-state index contributed by atoms with van der Waals surface area (Å²) in [5, 5.41) is 8.94. The highest BCUT2D eigenvalue weighted by molar-refractivity contribution is 6.03. The number of rotatable bonds is 2. The van der Waals surface area contributed by atoms with E-state index >= 15 is 0 Å². The fourth-order valence-electron chi connectivity index (χ4n) is 1.02. The van der Waals surface area contributed by atoms with E-state index in [9.17, 15) is 4.79 Å². The maximum atomic E-state index is 11.5. The first kappa shape index (κ1) is 8.43. The number of anilines is 1. The van der Waals surface area contributed by atoms with Crippen LogP contribution in [-0.2, 0) is 0 Å². The van der Waals surface area contributed by atoms with Gasteiger partial charge in [0.25, 0.3) is 5.91 Å². The van der Waals surface area contributed by atoms with E-state index < -0.39 is 0 Å². The van der Waals surface area contributed by atoms with Gasteiger partial charge in [-0.05, 0) is 12.1 Å². The van der Waals surface area contributed by atoms with Gasteiger partial charge in [0.05, 0.1) is 23.6 Å². The van der Waals surface area contributed by atoms with Crippen LogP contribution in [0.1, 0.15) is 10.4 Å². The molecule has 2 heterocycles. The first-order valence-corrected chi connectivity index (χ1v) is 4.06. The van der Waals surface area contributed by atoms with Crippen molar-refractivity contribution >= 4 is 11.6 Å². The summed E-state index contributed by atoms with van der Waals surface area (Å²) in [5.74, 6) is -0.202. The Morgan fingerprint density at radius 3 is 3.00 bits per heavy atom. The number of aromatic amines is 1. The van der Waals surface area contributed by atoms with Gasteiger partial charge in [0, 0.05) is 12.4 Å². The van der Waals surface area contributed by atoms with Crippen LogP contribution in [0.4, 0.5) is 5.69 Å². The summed E-state index contributed by atoms with van der Waals surface area (Å²) in [6.45, 7) is 0. The molecule has 5 heteroatoms. The Labute approximate surface area is 80.2 Å². The van der Waals surface area contributed by atoms with E-state index in [1.165, 1.54) is 12.4 Å². The first-order chi connectivity index (χ1) is 6.86. The Balaban J connectivity index is 2.10. The molecule has 0 spiro atoms. The number of aromatic nitrogens is 3. The highest BCUT2D eigenvalue weighted by Crippen LogP contribution is 2.05. The number of pyridine rings is 1. The Morgan fingerprint density at radius 1 is 1.43 bits per heavy atom. The maximum Gasteiger partial charge on any atom is 0.258 e. The molecule has 0 saturated carbocycles. The second-order valence-corrected chi connectivity index (χ2v) is 2.68. The average Bonchev–Trinajstić information content (AvgIpc) is 2.72. The van der Waals surface area contributed by atoms with E-state index in [1.807, 2.05) is 0 Å². The van der Waals surface area contributed by atoms with E-state index in [-0.39, 0.29) is 5.91 Å². The van der Waals surface area contributed by atoms with Crippen molar-refractivity contribution in [2.75, 3.05) is 5.32 Å². The number of hydrogen-bond acceptors (Lipinski definition) is 3. The SMILES string of the molecule is O=C(Nc1cccnc1)c1cn[nH]c1. The number of nitrogens with one attached hydrogen (secondary N) is 2. The topological polar surface area (TPSA) is 70.7 Å². The van der Waals surface area contributed by atoms with E-state index in [0.29, 0.717) is 11.3 Å². The van der Waals surface area contributed by atoms with E-state index in [2.05, 4.69) is 20.5 Å². The summed E-state index contributed by atoms with van der Waals surface area (Å²) in [6.07, 6.45) is 6.23. The molecule has 14 heavy (non-hydrogen) atoms. The molecule has 2 aromatic rings. The van der Waals surface area contributed by atoms with Gasteiger partial charge in [-0.1, -0.05) is 0 Å². The summed E-state index contributed by atoms with van der Waals surface area (Å²) < 4.78 is 0. The molecule has 0 atom stereocenters. The van der Waals surface area contributed by atoms with Gasteiger partial charge in [0.1, 0.15) is 0 Å². The summed E-state index contributed by atoms with van der Waals surface area (Å²) >= 11 is 0. The molecule has 0 saturated heterocycles. The van der Waals surface area contributed by atoms with Crippen LogP contribution >= 0.6 is 0 Å². The maximum absolute atomic E-state index is 11.5. The molecule has 0 aromatic carbocycles. The molecule has 2 rings (SSSR count). The fraction of sp³-hybridized carbons (Fsp3) is 0. The molecular formula is C9H8N4O. The molecule has 0 fully saturated rings. The Kier molecular flexibility index (Phi) is 2.22. The molecule has 2 N–H and O–H groups in total. The number of amides is 1. The minimum Gasteiger partial charge on any atom is -0.320 e. The number of carbonyl (C=O) groups is 1. The van der Waals surface area contributed by atoms with Crippen LogP contribution in [0.2, 0.25) is 0 Å². The third-order valence-corrected chi connectivity index (χ3v) is 1.68. The lowest BCUT2D eigenvalue weighted by Crippen LogP contribution is -2.10. The van der Waals surface area contributed by atoms with Crippen LogP contribution < -0.4 is 5.32 Å². The van der Waals surface area contributed by atoms with Gasteiger partial charge in [0.2, 0.25) is 0 Å². The molecule has 70 valence electrons. The average molecular weight is 188 g/mol. The lowest BCUT2D eigenvalue weighted by Gasteiger charge is -2.00. The molecule has 0 bridgehead atoms. The van der Waals surface area contributed by atoms with Crippen LogP contribution in [-0.4, -0.2) is 21.1 Å². The summed E-state index contributed by atoms with van der Waals surface area (Å²) in [5.41, 5.74) is 1.16. The van der Waals surface area contributed by atoms with E-state index in [1.54, 1.807) is 24.5 Å². The van der Waals surface area contributed by atoms with Gasteiger partial charge in [-0.15, -0.1) is 0 Å². The molecule has 2 aromatic heterocycles. The number of H-pyrrole nitrogens is 1. The minimum atomic E-state index is -0.202. The Morgan fingerprint density at radius 2 is 2.36 bits per heavy atom. The zero-order valence-electron chi connectivity index (χ0n) is 7.27. The third kappa shape index (κ3) is 1.77. The van der Waals surface area contributed by atoms with E-state index in [4.69, 9.17) is 0 Å². The molecule has 0 aliphatic carbocycles. The third-order valence-electron chi connectivity index (χ3n) is 1.68. The number of carbonyl (C=O) groups excluding carboxylic acids is 1. The molecule has 0 aliphatic heterocycles. The van der Waals surface area contributed by atoms with Crippen molar-refractivity contribution in [3.05, 3.63) is 42.5 Å². The number of hydrogen-bond donors (Lipinski definition) is 2. The van der Waals surface area contributed by atoms with Crippen molar-refractivity contribution in [1.82, 2.24) is 15.2 Å². The summed E-state index contributed by atoms with van der Waals surface area (Å²) in [6, 6.07) is 3.52. The highest BCUT2D eigenvalue weighted by atomic mass is 16.1.